The van der Waals surface area contributed by atoms with Crippen molar-refractivity contribution in [1.29, 1.82) is 0 Å². The fourth-order valence-electron chi connectivity index (χ4n) is 3.37. The molecular weight excluding hydrogens is 232 g/mol. The molecule has 0 radical (unpaired) electrons. The van der Waals surface area contributed by atoms with Crippen LogP contribution in [0.15, 0.2) is 24.3 Å². The quantitative estimate of drug-likeness (QED) is 0.875. The maximum atomic E-state index is 3.58. The summed E-state index contributed by atoms with van der Waals surface area (Å²) in [5.41, 5.74) is 3.40. The van der Waals surface area contributed by atoms with Gasteiger partial charge in [0.2, 0.25) is 0 Å². The van der Waals surface area contributed by atoms with Crippen LogP contribution in [0.2, 0.25) is 0 Å². The Labute approximate surface area is 117 Å². The van der Waals surface area contributed by atoms with E-state index in [1.165, 1.54) is 12.8 Å². The average Bonchev–Trinajstić information content (AvgIpc) is 3.22. The van der Waals surface area contributed by atoms with E-state index < -0.39 is 0 Å². The molecule has 0 aromatic heterocycles. The van der Waals surface area contributed by atoms with E-state index in [2.05, 4.69) is 55.3 Å². The molecule has 0 bridgehead atoms. The number of nitrogens with zero attached hydrogens (tertiary/aromatic N) is 1. The summed E-state index contributed by atoms with van der Waals surface area (Å²) in [6, 6.07) is 9.64. The fourth-order valence-corrected chi connectivity index (χ4v) is 3.37. The maximum Gasteiger partial charge on any atom is 0.0481 e. The van der Waals surface area contributed by atoms with Gasteiger partial charge < -0.3 is 5.32 Å². The predicted molar refractivity (Wildman–Crippen MR) is 80.5 cm³/mol. The lowest BCUT2D eigenvalue weighted by Gasteiger charge is -2.45. The van der Waals surface area contributed by atoms with Crippen molar-refractivity contribution in [2.24, 2.45) is 0 Å². The molecule has 2 heteroatoms. The van der Waals surface area contributed by atoms with E-state index >= 15 is 0 Å². The van der Waals surface area contributed by atoms with Gasteiger partial charge in [0.1, 0.15) is 0 Å². The van der Waals surface area contributed by atoms with Crippen molar-refractivity contribution in [2.45, 2.75) is 51.1 Å². The van der Waals surface area contributed by atoms with Gasteiger partial charge in [-0.1, -0.05) is 24.3 Å². The van der Waals surface area contributed by atoms with Gasteiger partial charge in [-0.15, -0.1) is 0 Å². The van der Waals surface area contributed by atoms with Crippen LogP contribution in [0.25, 0.3) is 0 Å². The molecule has 1 aromatic carbocycles. The van der Waals surface area contributed by atoms with E-state index in [4.69, 9.17) is 0 Å². The number of benzene rings is 1. The highest BCUT2D eigenvalue weighted by Gasteiger charge is 2.35. The van der Waals surface area contributed by atoms with E-state index in [1.54, 1.807) is 11.1 Å². The number of piperazine rings is 1. The highest BCUT2D eigenvalue weighted by atomic mass is 15.3. The third-order valence-corrected chi connectivity index (χ3v) is 4.48. The molecule has 1 saturated heterocycles. The Kier molecular flexibility index (Phi) is 3.40. The molecular formula is C17H26N2. The summed E-state index contributed by atoms with van der Waals surface area (Å²) in [5, 5.41) is 3.58. The van der Waals surface area contributed by atoms with Crippen molar-refractivity contribution >= 4 is 0 Å². The van der Waals surface area contributed by atoms with Crippen molar-refractivity contribution in [3.05, 3.63) is 35.4 Å². The van der Waals surface area contributed by atoms with Crippen LogP contribution in [0.4, 0.5) is 0 Å². The second kappa shape index (κ2) is 4.92. The van der Waals surface area contributed by atoms with E-state index in [1.807, 2.05) is 0 Å². The van der Waals surface area contributed by atoms with Crippen LogP contribution in [0.3, 0.4) is 0 Å². The Morgan fingerprint density at radius 1 is 1.11 bits per heavy atom. The Morgan fingerprint density at radius 3 is 2.42 bits per heavy atom. The zero-order chi connectivity index (χ0) is 13.5. The maximum absolute atomic E-state index is 3.58. The van der Waals surface area contributed by atoms with Crippen LogP contribution >= 0.6 is 0 Å². The third-order valence-electron chi connectivity index (χ3n) is 4.48. The summed E-state index contributed by atoms with van der Waals surface area (Å²) in [4.78, 5) is 2.67. The summed E-state index contributed by atoms with van der Waals surface area (Å²) in [6.07, 6.45) is 2.76. The predicted octanol–water partition coefficient (Wildman–Crippen LogP) is 3.31. The Balaban J connectivity index is 1.94. The summed E-state index contributed by atoms with van der Waals surface area (Å²) in [7, 11) is 0. The zero-order valence-corrected chi connectivity index (χ0v) is 12.4. The SMILES string of the molecule is CC(C)(C)N1CCNCC1c1ccccc1C1CC1. The second-order valence-corrected chi connectivity index (χ2v) is 6.99. The summed E-state index contributed by atoms with van der Waals surface area (Å²) in [5.74, 6) is 0.833. The molecule has 19 heavy (non-hydrogen) atoms. The largest absolute Gasteiger partial charge is 0.314 e. The highest BCUT2D eigenvalue weighted by molar-refractivity contribution is 5.36. The fraction of sp³-hybridized carbons (Fsp3) is 0.647. The van der Waals surface area contributed by atoms with Crippen molar-refractivity contribution in [3.8, 4) is 0 Å². The molecule has 1 aromatic rings. The molecule has 1 heterocycles. The molecule has 1 N–H and O–H groups in total. The molecule has 2 fully saturated rings. The van der Waals surface area contributed by atoms with Crippen LogP contribution in [0, 0.1) is 0 Å². The standard InChI is InChI=1S/C17H26N2/c1-17(2,3)19-11-10-18-12-16(19)15-7-5-4-6-14(15)13-8-9-13/h4-7,13,16,18H,8-12H2,1-3H3. The summed E-state index contributed by atoms with van der Waals surface area (Å²) in [6.45, 7) is 10.4. The van der Waals surface area contributed by atoms with Gasteiger partial charge in [-0.05, 0) is 50.7 Å². The average molecular weight is 258 g/mol. The molecule has 1 aliphatic carbocycles. The molecule has 0 spiro atoms. The molecule has 0 amide bonds. The smallest absolute Gasteiger partial charge is 0.0481 e. The Bertz CT molecular complexity index is 443. The zero-order valence-electron chi connectivity index (χ0n) is 12.4. The van der Waals surface area contributed by atoms with Gasteiger partial charge in [0.05, 0.1) is 0 Å². The van der Waals surface area contributed by atoms with E-state index in [-0.39, 0.29) is 5.54 Å². The first-order valence-electron chi connectivity index (χ1n) is 7.63. The van der Waals surface area contributed by atoms with E-state index in [9.17, 15) is 0 Å². The highest BCUT2D eigenvalue weighted by Crippen LogP contribution is 2.44. The van der Waals surface area contributed by atoms with Gasteiger partial charge in [-0.3, -0.25) is 4.90 Å². The minimum Gasteiger partial charge on any atom is -0.314 e. The molecule has 1 saturated carbocycles. The van der Waals surface area contributed by atoms with Crippen LogP contribution in [0.5, 0.6) is 0 Å². The Hall–Kier alpha value is -0.860. The topological polar surface area (TPSA) is 15.3 Å². The molecule has 104 valence electrons. The molecule has 2 nitrogen and oxygen atoms in total. The van der Waals surface area contributed by atoms with Gasteiger partial charge in [-0.25, -0.2) is 0 Å². The molecule has 1 aliphatic heterocycles. The van der Waals surface area contributed by atoms with Gasteiger partial charge in [0.25, 0.3) is 0 Å². The lowest BCUT2D eigenvalue weighted by molar-refractivity contribution is 0.0602. The van der Waals surface area contributed by atoms with Gasteiger partial charge in [0, 0.05) is 31.2 Å². The number of hydrogen-bond donors (Lipinski definition) is 1. The Morgan fingerprint density at radius 2 is 1.79 bits per heavy atom. The summed E-state index contributed by atoms with van der Waals surface area (Å²) < 4.78 is 0. The van der Waals surface area contributed by atoms with Crippen molar-refractivity contribution in [3.63, 3.8) is 0 Å². The minimum atomic E-state index is 0.240. The molecule has 1 unspecified atom stereocenters. The molecule has 1 atom stereocenters. The van der Waals surface area contributed by atoms with Gasteiger partial charge in [-0.2, -0.15) is 0 Å². The first-order valence-corrected chi connectivity index (χ1v) is 7.63. The second-order valence-electron chi connectivity index (χ2n) is 6.99. The number of nitrogens with one attached hydrogen (secondary N) is 1. The van der Waals surface area contributed by atoms with Gasteiger partial charge in [0.15, 0.2) is 0 Å². The normalized spacial score (nSPS) is 25.5. The molecule has 2 aliphatic rings. The minimum absolute atomic E-state index is 0.240. The first-order chi connectivity index (χ1) is 9.07. The van der Waals surface area contributed by atoms with Crippen LogP contribution < -0.4 is 5.32 Å². The number of rotatable bonds is 2. The van der Waals surface area contributed by atoms with E-state index in [0.29, 0.717) is 6.04 Å². The monoisotopic (exact) mass is 258 g/mol. The van der Waals surface area contributed by atoms with Crippen LogP contribution in [-0.2, 0) is 0 Å². The first kappa shape index (κ1) is 13.1. The van der Waals surface area contributed by atoms with Crippen LogP contribution in [-0.4, -0.2) is 30.1 Å². The van der Waals surface area contributed by atoms with Crippen molar-refractivity contribution in [1.82, 2.24) is 10.2 Å². The van der Waals surface area contributed by atoms with Crippen molar-refractivity contribution in [2.75, 3.05) is 19.6 Å². The van der Waals surface area contributed by atoms with Crippen LogP contribution in [0.1, 0.15) is 56.7 Å². The van der Waals surface area contributed by atoms with E-state index in [0.717, 1.165) is 25.6 Å². The number of hydrogen-bond acceptors (Lipinski definition) is 2. The lowest BCUT2D eigenvalue weighted by Crippen LogP contribution is -2.53. The van der Waals surface area contributed by atoms with Gasteiger partial charge >= 0.3 is 0 Å². The molecule has 3 rings (SSSR count). The summed E-state index contributed by atoms with van der Waals surface area (Å²) >= 11 is 0. The third kappa shape index (κ3) is 2.70. The van der Waals surface area contributed by atoms with Crippen molar-refractivity contribution < 1.29 is 0 Å². The lowest BCUT2D eigenvalue weighted by atomic mass is 9.91.